The summed E-state index contributed by atoms with van der Waals surface area (Å²) in [6.45, 7) is 4.19. The highest BCUT2D eigenvalue weighted by molar-refractivity contribution is 4.88. The lowest BCUT2D eigenvalue weighted by atomic mass is 10.1. The number of allylic oxidation sites excluding steroid dienone is 1. The summed E-state index contributed by atoms with van der Waals surface area (Å²) in [6, 6.07) is 0. The topological polar surface area (TPSA) is 79.2 Å². The van der Waals surface area contributed by atoms with E-state index >= 15 is 0 Å². The van der Waals surface area contributed by atoms with E-state index in [0.29, 0.717) is 6.61 Å². The molecular formula is C21H40O5. The van der Waals surface area contributed by atoms with Gasteiger partial charge in [-0.25, -0.2) is 0 Å². The molecule has 1 heterocycles. The average molecular weight is 373 g/mol. The maximum atomic E-state index is 9.80. The molecule has 5 heteroatoms. The fourth-order valence-electron chi connectivity index (χ4n) is 3.42. The summed E-state index contributed by atoms with van der Waals surface area (Å²) >= 11 is 0. The minimum atomic E-state index is -0.978. The molecule has 0 saturated carbocycles. The number of aliphatic hydroxyl groups is 3. The van der Waals surface area contributed by atoms with Gasteiger partial charge in [0.2, 0.25) is 0 Å². The van der Waals surface area contributed by atoms with Crippen LogP contribution in [0.5, 0.6) is 0 Å². The van der Waals surface area contributed by atoms with Gasteiger partial charge in [0.15, 0.2) is 0 Å². The molecule has 1 aliphatic heterocycles. The highest BCUT2D eigenvalue weighted by Gasteiger charge is 2.40. The van der Waals surface area contributed by atoms with Crippen molar-refractivity contribution < 1.29 is 24.8 Å². The Morgan fingerprint density at radius 1 is 0.923 bits per heavy atom. The quantitative estimate of drug-likeness (QED) is 0.269. The average Bonchev–Trinajstić information content (AvgIpc) is 2.98. The lowest BCUT2D eigenvalue weighted by molar-refractivity contribution is -0.101. The summed E-state index contributed by atoms with van der Waals surface area (Å²) in [4.78, 5) is 0. The highest BCUT2D eigenvalue weighted by Crippen LogP contribution is 2.20. The third kappa shape index (κ3) is 10.0. The Bertz CT molecular complexity index is 336. The van der Waals surface area contributed by atoms with Crippen molar-refractivity contribution in [2.75, 3.05) is 19.8 Å². The minimum absolute atomic E-state index is 0.0977. The van der Waals surface area contributed by atoms with E-state index in [1.165, 1.54) is 57.8 Å². The number of hydrogen-bond donors (Lipinski definition) is 3. The van der Waals surface area contributed by atoms with Gasteiger partial charge in [-0.3, -0.25) is 0 Å². The molecule has 0 aromatic rings. The van der Waals surface area contributed by atoms with E-state index in [-0.39, 0.29) is 13.2 Å². The van der Waals surface area contributed by atoms with Crippen LogP contribution in [0.2, 0.25) is 0 Å². The van der Waals surface area contributed by atoms with Crippen molar-refractivity contribution in [1.29, 1.82) is 0 Å². The van der Waals surface area contributed by atoms with Gasteiger partial charge in [0.05, 0.1) is 13.2 Å². The van der Waals surface area contributed by atoms with Crippen LogP contribution in [0.1, 0.15) is 77.0 Å². The molecule has 1 rings (SSSR count). The van der Waals surface area contributed by atoms with Crippen LogP contribution < -0.4 is 0 Å². The van der Waals surface area contributed by atoms with E-state index in [9.17, 15) is 15.3 Å². The Morgan fingerprint density at radius 2 is 1.46 bits per heavy atom. The molecule has 1 aliphatic rings. The van der Waals surface area contributed by atoms with Gasteiger partial charge in [0, 0.05) is 6.61 Å². The fourth-order valence-corrected chi connectivity index (χ4v) is 3.42. The van der Waals surface area contributed by atoms with E-state index in [2.05, 4.69) is 6.58 Å². The molecule has 1 saturated heterocycles. The van der Waals surface area contributed by atoms with E-state index in [4.69, 9.17) is 9.47 Å². The monoisotopic (exact) mass is 372 g/mol. The molecular weight excluding hydrogens is 332 g/mol. The Morgan fingerprint density at radius 3 is 1.92 bits per heavy atom. The molecule has 0 bridgehead atoms. The molecule has 4 atom stereocenters. The molecule has 0 radical (unpaired) electrons. The van der Waals surface area contributed by atoms with E-state index in [1.54, 1.807) is 0 Å². The van der Waals surface area contributed by atoms with Gasteiger partial charge in [-0.2, -0.15) is 0 Å². The summed E-state index contributed by atoms with van der Waals surface area (Å²) in [6.07, 6.45) is 14.0. The van der Waals surface area contributed by atoms with Crippen molar-refractivity contribution >= 4 is 0 Å². The second-order valence-corrected chi connectivity index (χ2v) is 7.41. The van der Waals surface area contributed by atoms with Crippen molar-refractivity contribution in [3.05, 3.63) is 12.7 Å². The second kappa shape index (κ2) is 15.6. The van der Waals surface area contributed by atoms with Gasteiger partial charge in [-0.1, -0.05) is 63.9 Å². The Labute approximate surface area is 159 Å². The predicted octanol–water partition coefficient (Wildman–Crippen LogP) is 3.35. The predicted molar refractivity (Wildman–Crippen MR) is 104 cm³/mol. The third-order valence-corrected chi connectivity index (χ3v) is 5.12. The maximum Gasteiger partial charge on any atom is 0.114 e. The molecule has 26 heavy (non-hydrogen) atoms. The van der Waals surface area contributed by atoms with Crippen molar-refractivity contribution in [3.63, 3.8) is 0 Å². The Balaban J connectivity index is 1.87. The second-order valence-electron chi connectivity index (χ2n) is 7.41. The number of aliphatic hydroxyl groups excluding tert-OH is 3. The largest absolute Gasteiger partial charge is 0.394 e. The van der Waals surface area contributed by atoms with Crippen LogP contribution in [0.3, 0.4) is 0 Å². The van der Waals surface area contributed by atoms with E-state index in [1.807, 2.05) is 6.08 Å². The summed E-state index contributed by atoms with van der Waals surface area (Å²) in [5, 5.41) is 28.7. The number of hydrogen-bond acceptors (Lipinski definition) is 5. The van der Waals surface area contributed by atoms with Gasteiger partial charge in [-0.05, 0) is 19.3 Å². The SMILES string of the molecule is C=CCCCCCCCCCCCCCO[C@@H](CO)[C@@H]1OC[C@@H](O)[C@@H]1O. The lowest BCUT2D eigenvalue weighted by Crippen LogP contribution is -2.42. The molecule has 0 amide bonds. The molecule has 5 nitrogen and oxygen atoms in total. The van der Waals surface area contributed by atoms with Crippen LogP contribution in [-0.2, 0) is 9.47 Å². The summed E-state index contributed by atoms with van der Waals surface area (Å²) in [5.74, 6) is 0. The van der Waals surface area contributed by atoms with Crippen LogP contribution in [0, 0.1) is 0 Å². The van der Waals surface area contributed by atoms with Gasteiger partial charge in [-0.15, -0.1) is 6.58 Å². The van der Waals surface area contributed by atoms with Crippen molar-refractivity contribution in [2.45, 2.75) is 101 Å². The first-order valence-corrected chi connectivity index (χ1v) is 10.5. The summed E-state index contributed by atoms with van der Waals surface area (Å²) < 4.78 is 11.0. The highest BCUT2D eigenvalue weighted by atomic mass is 16.6. The normalized spacial score (nSPS) is 24.0. The van der Waals surface area contributed by atoms with Crippen LogP contribution in [0.25, 0.3) is 0 Å². The lowest BCUT2D eigenvalue weighted by Gasteiger charge is -2.24. The number of rotatable bonds is 17. The summed E-state index contributed by atoms with van der Waals surface area (Å²) in [7, 11) is 0. The minimum Gasteiger partial charge on any atom is -0.394 e. The zero-order valence-electron chi connectivity index (χ0n) is 16.4. The molecule has 3 N–H and O–H groups in total. The molecule has 0 unspecified atom stereocenters. The Kier molecular flexibility index (Phi) is 14.1. The fraction of sp³-hybridized carbons (Fsp3) is 0.905. The van der Waals surface area contributed by atoms with Gasteiger partial charge >= 0.3 is 0 Å². The summed E-state index contributed by atoms with van der Waals surface area (Å²) in [5.41, 5.74) is 0. The first kappa shape index (κ1) is 23.6. The molecule has 0 aliphatic carbocycles. The van der Waals surface area contributed by atoms with E-state index in [0.717, 1.165) is 19.3 Å². The van der Waals surface area contributed by atoms with Gasteiger partial charge in [0.25, 0.3) is 0 Å². The van der Waals surface area contributed by atoms with Gasteiger partial charge in [0.1, 0.15) is 24.4 Å². The van der Waals surface area contributed by atoms with Crippen LogP contribution in [0.4, 0.5) is 0 Å². The number of unbranched alkanes of at least 4 members (excludes halogenated alkanes) is 11. The molecule has 154 valence electrons. The number of ether oxygens (including phenoxy) is 2. The molecule has 1 fully saturated rings. The van der Waals surface area contributed by atoms with Crippen molar-refractivity contribution in [1.82, 2.24) is 0 Å². The first-order valence-electron chi connectivity index (χ1n) is 10.5. The molecule has 0 spiro atoms. The van der Waals surface area contributed by atoms with E-state index < -0.39 is 24.4 Å². The maximum absolute atomic E-state index is 9.80. The standard InChI is InChI=1S/C21H40O5/c1-2-3-4-5-6-7-8-9-10-11-12-13-14-15-25-19(16-22)21-20(24)18(23)17-26-21/h2,18-24H,1,3-17H2/t18-,19+,20+,21+/m1/s1. The van der Waals surface area contributed by atoms with Crippen LogP contribution in [-0.4, -0.2) is 59.6 Å². The van der Waals surface area contributed by atoms with Crippen LogP contribution in [0.15, 0.2) is 12.7 Å². The van der Waals surface area contributed by atoms with Gasteiger partial charge < -0.3 is 24.8 Å². The molecule has 0 aromatic heterocycles. The zero-order chi connectivity index (χ0) is 19.0. The molecule has 0 aromatic carbocycles. The Hall–Kier alpha value is -0.460. The zero-order valence-corrected chi connectivity index (χ0v) is 16.4. The van der Waals surface area contributed by atoms with Crippen LogP contribution >= 0.6 is 0 Å². The van der Waals surface area contributed by atoms with Crippen molar-refractivity contribution in [2.24, 2.45) is 0 Å². The third-order valence-electron chi connectivity index (χ3n) is 5.12. The smallest absolute Gasteiger partial charge is 0.114 e. The van der Waals surface area contributed by atoms with Crippen molar-refractivity contribution in [3.8, 4) is 0 Å². The first-order chi connectivity index (χ1) is 12.7.